The van der Waals surface area contributed by atoms with E-state index in [0.29, 0.717) is 31.3 Å². The van der Waals surface area contributed by atoms with E-state index < -0.39 is 17.4 Å². The average molecular weight is 400 g/mol. The van der Waals surface area contributed by atoms with Crippen molar-refractivity contribution in [2.24, 2.45) is 0 Å². The molecule has 1 atom stereocenters. The molecule has 0 aliphatic carbocycles. The topological polar surface area (TPSA) is 36.4 Å². The summed E-state index contributed by atoms with van der Waals surface area (Å²) in [6.45, 7) is 3.69. The molecular weight excluding hydrogens is 380 g/mol. The third-order valence-electron chi connectivity index (χ3n) is 4.40. The minimum absolute atomic E-state index is 0.224. The van der Waals surface area contributed by atoms with E-state index in [1.165, 1.54) is 0 Å². The number of alkyl halides is 2. The van der Waals surface area contributed by atoms with Crippen molar-refractivity contribution in [3.63, 3.8) is 0 Å². The van der Waals surface area contributed by atoms with Gasteiger partial charge in [-0.1, -0.05) is 23.7 Å². The molecule has 3 rings (SSSR count). The largest absolute Gasteiger partial charge is 0.295 e. The monoisotopic (exact) mass is 399 g/mol. The van der Waals surface area contributed by atoms with Gasteiger partial charge in [-0.2, -0.15) is 0 Å². The number of aryl methyl sites for hydroxylation is 1. The molecule has 4 nitrogen and oxygen atoms in total. The fraction of sp³-hybridized carbons (Fsp3) is 0.389. The summed E-state index contributed by atoms with van der Waals surface area (Å²) in [7, 11) is -1.33. The SMILES string of the molecule is Cc1ccc(-c2ccnc(Cl)c2)cc1S(=O)N1CCN(CC(F)F)CC1. The summed E-state index contributed by atoms with van der Waals surface area (Å²) in [6, 6.07) is 9.42. The Hall–Kier alpha value is -1.41. The van der Waals surface area contributed by atoms with Gasteiger partial charge >= 0.3 is 0 Å². The number of pyridine rings is 1. The van der Waals surface area contributed by atoms with Gasteiger partial charge in [0.1, 0.15) is 16.1 Å². The highest BCUT2D eigenvalue weighted by atomic mass is 35.5. The Labute approximate surface area is 159 Å². The number of rotatable bonds is 5. The summed E-state index contributed by atoms with van der Waals surface area (Å²) in [6.07, 6.45) is -0.700. The van der Waals surface area contributed by atoms with Gasteiger partial charge in [-0.05, 0) is 41.8 Å². The van der Waals surface area contributed by atoms with Crippen LogP contribution in [-0.4, -0.2) is 57.5 Å². The Bertz CT molecular complexity index is 798. The van der Waals surface area contributed by atoms with Crippen LogP contribution in [0.4, 0.5) is 8.78 Å². The summed E-state index contributed by atoms with van der Waals surface area (Å²) < 4.78 is 39.9. The molecule has 0 bridgehead atoms. The van der Waals surface area contributed by atoms with Crippen molar-refractivity contribution < 1.29 is 13.0 Å². The van der Waals surface area contributed by atoms with Crippen LogP contribution in [0.3, 0.4) is 0 Å². The Morgan fingerprint density at radius 3 is 2.50 bits per heavy atom. The Kier molecular flexibility index (Phi) is 6.34. The number of benzene rings is 1. The van der Waals surface area contributed by atoms with Crippen LogP contribution in [0.15, 0.2) is 41.4 Å². The van der Waals surface area contributed by atoms with Crippen LogP contribution in [-0.2, 0) is 11.0 Å². The summed E-state index contributed by atoms with van der Waals surface area (Å²) in [5.41, 5.74) is 2.76. The number of piperazine rings is 1. The molecule has 0 N–H and O–H groups in total. The van der Waals surface area contributed by atoms with Crippen molar-refractivity contribution in [1.29, 1.82) is 0 Å². The molecule has 0 amide bonds. The standard InChI is InChI=1S/C18H20ClF2N3OS/c1-13-2-3-14(15-4-5-22-17(19)11-15)10-16(13)26(25)24-8-6-23(7-9-24)12-18(20)21/h2-5,10-11,18H,6-9,12H2,1H3. The molecule has 0 saturated carbocycles. The second kappa shape index (κ2) is 8.52. The van der Waals surface area contributed by atoms with Crippen LogP contribution in [0.2, 0.25) is 5.15 Å². The molecule has 1 saturated heterocycles. The van der Waals surface area contributed by atoms with Gasteiger partial charge in [-0.3, -0.25) is 4.90 Å². The fourth-order valence-corrected chi connectivity index (χ4v) is 4.48. The fourth-order valence-electron chi connectivity index (χ4n) is 2.96. The average Bonchev–Trinajstić information content (AvgIpc) is 2.62. The molecule has 1 unspecified atom stereocenters. The maximum atomic E-state index is 13.0. The molecule has 0 radical (unpaired) electrons. The summed E-state index contributed by atoms with van der Waals surface area (Å²) in [5, 5.41) is 0.404. The Morgan fingerprint density at radius 2 is 1.85 bits per heavy atom. The molecule has 1 aliphatic heterocycles. The Balaban J connectivity index is 1.76. The molecule has 8 heteroatoms. The first-order valence-electron chi connectivity index (χ1n) is 8.34. The number of aromatic nitrogens is 1. The van der Waals surface area contributed by atoms with E-state index in [1.807, 2.05) is 35.5 Å². The van der Waals surface area contributed by atoms with Gasteiger partial charge in [0, 0.05) is 32.4 Å². The maximum absolute atomic E-state index is 13.0. The molecule has 2 heterocycles. The van der Waals surface area contributed by atoms with Crippen molar-refractivity contribution >= 4 is 22.6 Å². The highest BCUT2D eigenvalue weighted by molar-refractivity contribution is 7.82. The van der Waals surface area contributed by atoms with Crippen molar-refractivity contribution in [3.05, 3.63) is 47.2 Å². The van der Waals surface area contributed by atoms with Crippen LogP contribution in [0.1, 0.15) is 5.56 Å². The van der Waals surface area contributed by atoms with Crippen LogP contribution in [0, 0.1) is 6.92 Å². The van der Waals surface area contributed by atoms with Crippen LogP contribution in [0.25, 0.3) is 11.1 Å². The smallest absolute Gasteiger partial charge is 0.251 e. The minimum Gasteiger partial charge on any atom is -0.295 e. The zero-order valence-corrected chi connectivity index (χ0v) is 15.9. The molecule has 0 spiro atoms. The molecule has 1 aromatic heterocycles. The lowest BCUT2D eigenvalue weighted by Gasteiger charge is -2.33. The van der Waals surface area contributed by atoms with E-state index in [4.69, 9.17) is 11.6 Å². The molecule has 140 valence electrons. The van der Waals surface area contributed by atoms with E-state index in [0.717, 1.165) is 21.6 Å². The van der Waals surface area contributed by atoms with Crippen molar-refractivity contribution in [1.82, 2.24) is 14.2 Å². The van der Waals surface area contributed by atoms with Gasteiger partial charge in [0.2, 0.25) is 0 Å². The second-order valence-electron chi connectivity index (χ2n) is 6.22. The lowest BCUT2D eigenvalue weighted by Crippen LogP contribution is -2.48. The number of hydrogen-bond acceptors (Lipinski definition) is 3. The normalized spacial score (nSPS) is 17.6. The van der Waals surface area contributed by atoms with E-state index in [9.17, 15) is 13.0 Å². The summed E-state index contributed by atoms with van der Waals surface area (Å²) >= 11 is 5.96. The van der Waals surface area contributed by atoms with Crippen LogP contribution < -0.4 is 0 Å². The second-order valence-corrected chi connectivity index (χ2v) is 8.06. The predicted molar refractivity (Wildman–Crippen MR) is 99.8 cm³/mol. The van der Waals surface area contributed by atoms with E-state index >= 15 is 0 Å². The first-order chi connectivity index (χ1) is 12.4. The lowest BCUT2D eigenvalue weighted by atomic mass is 10.1. The number of halogens is 3. The van der Waals surface area contributed by atoms with Gasteiger partial charge in [-0.15, -0.1) is 0 Å². The van der Waals surface area contributed by atoms with Crippen molar-refractivity contribution in [3.8, 4) is 11.1 Å². The van der Waals surface area contributed by atoms with Gasteiger partial charge in [0.15, 0.2) is 0 Å². The van der Waals surface area contributed by atoms with Crippen LogP contribution in [0.5, 0.6) is 0 Å². The molecule has 26 heavy (non-hydrogen) atoms. The minimum atomic E-state index is -2.34. The number of hydrogen-bond donors (Lipinski definition) is 0. The van der Waals surface area contributed by atoms with E-state index in [2.05, 4.69) is 4.98 Å². The van der Waals surface area contributed by atoms with Crippen molar-refractivity contribution in [2.75, 3.05) is 32.7 Å². The quantitative estimate of drug-likeness (QED) is 0.720. The highest BCUT2D eigenvalue weighted by Crippen LogP contribution is 2.27. The lowest BCUT2D eigenvalue weighted by molar-refractivity contribution is 0.0723. The first-order valence-corrected chi connectivity index (χ1v) is 9.82. The maximum Gasteiger partial charge on any atom is 0.251 e. The number of nitrogens with zero attached hydrogens (tertiary/aromatic N) is 3. The zero-order chi connectivity index (χ0) is 18.7. The Morgan fingerprint density at radius 1 is 1.15 bits per heavy atom. The zero-order valence-electron chi connectivity index (χ0n) is 14.4. The molecule has 1 aliphatic rings. The first kappa shape index (κ1) is 19.4. The highest BCUT2D eigenvalue weighted by Gasteiger charge is 2.24. The molecule has 2 aromatic rings. The molecular formula is C18H20ClF2N3OS. The predicted octanol–water partition coefficient (Wildman–Crippen LogP) is 3.62. The molecule has 1 fully saturated rings. The molecule has 1 aromatic carbocycles. The summed E-state index contributed by atoms with van der Waals surface area (Å²) in [4.78, 5) is 6.42. The van der Waals surface area contributed by atoms with Gasteiger partial charge in [0.05, 0.1) is 11.4 Å². The third kappa shape index (κ3) is 4.65. The van der Waals surface area contributed by atoms with Gasteiger partial charge in [-0.25, -0.2) is 22.3 Å². The van der Waals surface area contributed by atoms with Crippen molar-refractivity contribution in [2.45, 2.75) is 18.2 Å². The van der Waals surface area contributed by atoms with E-state index in [-0.39, 0.29) is 6.54 Å². The van der Waals surface area contributed by atoms with Gasteiger partial charge < -0.3 is 0 Å². The van der Waals surface area contributed by atoms with Crippen LogP contribution >= 0.6 is 11.6 Å². The van der Waals surface area contributed by atoms with Gasteiger partial charge in [0.25, 0.3) is 6.43 Å². The van der Waals surface area contributed by atoms with E-state index in [1.54, 1.807) is 17.2 Å². The summed E-state index contributed by atoms with van der Waals surface area (Å²) in [5.74, 6) is 0. The third-order valence-corrected chi connectivity index (χ3v) is 6.26.